The number of ether oxygens (including phenoxy) is 1. The van der Waals surface area contributed by atoms with Crippen LogP contribution in [0.2, 0.25) is 0 Å². The van der Waals surface area contributed by atoms with Crippen molar-refractivity contribution in [2.75, 3.05) is 25.6 Å². The first-order chi connectivity index (χ1) is 16.6. The third-order valence-corrected chi connectivity index (χ3v) is 5.53. The number of hydrazone groups is 1. The van der Waals surface area contributed by atoms with Crippen LogP contribution in [0.1, 0.15) is 61.5 Å². The number of rotatable bonds is 13. The Hall–Kier alpha value is -3.61. The molecule has 180 valence electrons. The first-order valence-corrected chi connectivity index (χ1v) is 12.0. The molecule has 1 aromatic heterocycles. The van der Waals surface area contributed by atoms with Gasteiger partial charge in [0.1, 0.15) is 11.4 Å². The van der Waals surface area contributed by atoms with Crippen molar-refractivity contribution < 1.29 is 9.53 Å². The standard InChI is InChI=1S/C27H35N5O2/c1-4-5-6-7-8-9-18-34-24-16-12-22(13-17-24)25-19-26(30-29-25)27(33)31-28-20-21-10-14-23(15-11-21)32(2)3/h10-17,19-20H,4-9,18H2,1-3H3,(H,29,30)(H,31,33). The molecule has 2 N–H and O–H groups in total. The smallest absolute Gasteiger partial charge is 0.289 e. The number of carbonyl (C=O) groups is 1. The van der Waals surface area contributed by atoms with Crippen LogP contribution in [-0.4, -0.2) is 43.0 Å². The second-order valence-electron chi connectivity index (χ2n) is 8.49. The van der Waals surface area contributed by atoms with Crippen LogP contribution in [0.15, 0.2) is 59.7 Å². The maximum Gasteiger partial charge on any atom is 0.289 e. The van der Waals surface area contributed by atoms with Gasteiger partial charge in [-0.15, -0.1) is 0 Å². The molecule has 7 heteroatoms. The van der Waals surface area contributed by atoms with Gasteiger partial charge in [0.2, 0.25) is 0 Å². The molecule has 0 spiro atoms. The van der Waals surface area contributed by atoms with Crippen molar-refractivity contribution in [1.29, 1.82) is 0 Å². The zero-order chi connectivity index (χ0) is 24.2. The summed E-state index contributed by atoms with van der Waals surface area (Å²) in [6.45, 7) is 2.96. The van der Waals surface area contributed by atoms with Crippen LogP contribution in [0.4, 0.5) is 5.69 Å². The van der Waals surface area contributed by atoms with Gasteiger partial charge in [-0.1, -0.05) is 51.2 Å². The molecule has 0 aliphatic carbocycles. The van der Waals surface area contributed by atoms with Crippen LogP contribution in [-0.2, 0) is 0 Å². The van der Waals surface area contributed by atoms with Crippen molar-refractivity contribution in [3.63, 3.8) is 0 Å². The summed E-state index contributed by atoms with van der Waals surface area (Å²) >= 11 is 0. The molecule has 0 radical (unpaired) electrons. The molecule has 1 heterocycles. The Morgan fingerprint density at radius 3 is 2.44 bits per heavy atom. The van der Waals surface area contributed by atoms with E-state index in [0.717, 1.165) is 35.6 Å². The van der Waals surface area contributed by atoms with E-state index in [1.165, 1.54) is 32.1 Å². The Morgan fingerprint density at radius 1 is 1.03 bits per heavy atom. The SMILES string of the molecule is CCCCCCCCOc1ccc(-c2cc(C(=O)NN=Cc3ccc(N(C)C)cc3)[nH]n2)cc1. The summed E-state index contributed by atoms with van der Waals surface area (Å²) in [5.41, 5.74) is 6.48. The molecule has 7 nitrogen and oxygen atoms in total. The molecule has 3 rings (SSSR count). The van der Waals surface area contributed by atoms with Crippen molar-refractivity contribution in [3.8, 4) is 17.0 Å². The fourth-order valence-corrected chi connectivity index (χ4v) is 3.46. The summed E-state index contributed by atoms with van der Waals surface area (Å²) in [7, 11) is 3.97. The maximum atomic E-state index is 12.4. The molecule has 0 aliphatic rings. The number of carbonyl (C=O) groups excluding carboxylic acids is 1. The van der Waals surface area contributed by atoms with E-state index in [1.807, 2.05) is 67.5 Å². The Morgan fingerprint density at radius 2 is 1.74 bits per heavy atom. The van der Waals surface area contributed by atoms with Gasteiger partial charge in [-0.2, -0.15) is 10.2 Å². The number of aromatic amines is 1. The van der Waals surface area contributed by atoms with Crippen molar-refractivity contribution in [2.45, 2.75) is 45.4 Å². The highest BCUT2D eigenvalue weighted by Gasteiger charge is 2.10. The summed E-state index contributed by atoms with van der Waals surface area (Å²) in [5.74, 6) is 0.498. The molecular weight excluding hydrogens is 426 g/mol. The van der Waals surface area contributed by atoms with Crippen LogP contribution < -0.4 is 15.1 Å². The Bertz CT molecular complexity index is 1040. The molecule has 2 aromatic carbocycles. The maximum absolute atomic E-state index is 12.4. The van der Waals surface area contributed by atoms with Crippen molar-refractivity contribution >= 4 is 17.8 Å². The first kappa shape index (κ1) is 25.0. The normalized spacial score (nSPS) is 11.0. The number of H-pyrrole nitrogens is 1. The fraction of sp³-hybridized carbons (Fsp3) is 0.370. The molecule has 1 amide bonds. The van der Waals surface area contributed by atoms with Gasteiger partial charge in [0.05, 0.1) is 18.5 Å². The molecular formula is C27H35N5O2. The molecule has 0 atom stereocenters. The van der Waals surface area contributed by atoms with E-state index < -0.39 is 0 Å². The lowest BCUT2D eigenvalue weighted by molar-refractivity contribution is 0.0950. The molecule has 34 heavy (non-hydrogen) atoms. The van der Waals surface area contributed by atoms with Crippen LogP contribution in [0, 0.1) is 0 Å². The number of nitrogens with zero attached hydrogens (tertiary/aromatic N) is 3. The highest BCUT2D eigenvalue weighted by Crippen LogP contribution is 2.21. The minimum absolute atomic E-state index is 0.346. The topological polar surface area (TPSA) is 82.6 Å². The van der Waals surface area contributed by atoms with Crippen LogP contribution >= 0.6 is 0 Å². The second-order valence-corrected chi connectivity index (χ2v) is 8.49. The number of hydrogen-bond donors (Lipinski definition) is 2. The number of nitrogens with one attached hydrogen (secondary N) is 2. The number of hydrogen-bond acceptors (Lipinski definition) is 5. The lowest BCUT2D eigenvalue weighted by Gasteiger charge is -2.11. The number of benzene rings is 2. The quantitative estimate of drug-likeness (QED) is 0.196. The van der Waals surface area contributed by atoms with Gasteiger partial charge in [0.25, 0.3) is 5.91 Å². The van der Waals surface area contributed by atoms with E-state index in [9.17, 15) is 4.79 Å². The largest absolute Gasteiger partial charge is 0.494 e. The van der Waals surface area contributed by atoms with Crippen LogP contribution in [0.5, 0.6) is 5.75 Å². The first-order valence-electron chi connectivity index (χ1n) is 12.0. The molecule has 0 bridgehead atoms. The van der Waals surface area contributed by atoms with Crippen molar-refractivity contribution in [3.05, 3.63) is 65.9 Å². The predicted octanol–water partition coefficient (Wildman–Crippen LogP) is 5.65. The Balaban J connectivity index is 1.46. The van der Waals surface area contributed by atoms with E-state index >= 15 is 0 Å². The predicted molar refractivity (Wildman–Crippen MR) is 139 cm³/mol. The zero-order valence-electron chi connectivity index (χ0n) is 20.4. The fourth-order valence-electron chi connectivity index (χ4n) is 3.46. The Labute approximate surface area is 202 Å². The van der Waals surface area contributed by atoms with Crippen LogP contribution in [0.3, 0.4) is 0 Å². The van der Waals surface area contributed by atoms with Crippen molar-refractivity contribution in [1.82, 2.24) is 15.6 Å². The van der Waals surface area contributed by atoms with Gasteiger partial charge in [-0.05, 0) is 54.4 Å². The molecule has 0 saturated carbocycles. The zero-order valence-corrected chi connectivity index (χ0v) is 20.4. The van der Waals surface area contributed by atoms with E-state index in [-0.39, 0.29) is 5.91 Å². The summed E-state index contributed by atoms with van der Waals surface area (Å²) in [6.07, 6.45) is 9.07. The van der Waals surface area contributed by atoms with Gasteiger partial charge in [-0.25, -0.2) is 5.43 Å². The summed E-state index contributed by atoms with van der Waals surface area (Å²) in [4.78, 5) is 14.4. The van der Waals surface area contributed by atoms with Gasteiger partial charge < -0.3 is 9.64 Å². The summed E-state index contributed by atoms with van der Waals surface area (Å²) < 4.78 is 5.84. The highest BCUT2D eigenvalue weighted by molar-refractivity contribution is 5.94. The molecule has 0 saturated heterocycles. The summed E-state index contributed by atoms with van der Waals surface area (Å²) in [6, 6.07) is 17.4. The highest BCUT2D eigenvalue weighted by atomic mass is 16.5. The third kappa shape index (κ3) is 7.76. The van der Waals surface area contributed by atoms with E-state index in [4.69, 9.17) is 4.74 Å². The van der Waals surface area contributed by atoms with Gasteiger partial charge in [-0.3, -0.25) is 9.89 Å². The van der Waals surface area contributed by atoms with Gasteiger partial charge in [0.15, 0.2) is 0 Å². The molecule has 0 unspecified atom stereocenters. The minimum Gasteiger partial charge on any atom is -0.494 e. The lowest BCUT2D eigenvalue weighted by atomic mass is 10.1. The van der Waals surface area contributed by atoms with E-state index in [2.05, 4.69) is 27.6 Å². The monoisotopic (exact) mass is 461 g/mol. The number of aromatic nitrogens is 2. The third-order valence-electron chi connectivity index (χ3n) is 5.53. The molecule has 0 aliphatic heterocycles. The van der Waals surface area contributed by atoms with Crippen LogP contribution in [0.25, 0.3) is 11.3 Å². The van der Waals surface area contributed by atoms with Gasteiger partial charge >= 0.3 is 0 Å². The average Bonchev–Trinajstić information content (AvgIpc) is 3.35. The van der Waals surface area contributed by atoms with E-state index in [0.29, 0.717) is 11.4 Å². The number of unbranched alkanes of at least 4 members (excludes halogenated alkanes) is 5. The van der Waals surface area contributed by atoms with E-state index in [1.54, 1.807) is 12.3 Å². The van der Waals surface area contributed by atoms with Crippen molar-refractivity contribution in [2.24, 2.45) is 5.10 Å². The summed E-state index contributed by atoms with van der Waals surface area (Å²) in [5, 5.41) is 11.1. The number of anilines is 1. The lowest BCUT2D eigenvalue weighted by Crippen LogP contribution is -2.18. The Kier molecular flexibility index (Phi) is 9.70. The van der Waals surface area contributed by atoms with Gasteiger partial charge in [0, 0.05) is 25.3 Å². The average molecular weight is 462 g/mol. The molecule has 0 fully saturated rings. The minimum atomic E-state index is -0.348. The number of amides is 1. The second kappa shape index (κ2) is 13.2. The molecule has 3 aromatic rings.